The molecule has 7 heteroatoms. The highest BCUT2D eigenvalue weighted by atomic mass is 16.6. The number of nitrogens with zero attached hydrogens (tertiary/aromatic N) is 2. The first-order valence-electron chi connectivity index (χ1n) is 11.8. The Morgan fingerprint density at radius 1 is 1.09 bits per heavy atom. The highest BCUT2D eigenvalue weighted by molar-refractivity contribution is 6.31. The lowest BCUT2D eigenvalue weighted by atomic mass is 9.96. The van der Waals surface area contributed by atoms with E-state index in [-0.39, 0.29) is 31.5 Å². The number of rotatable bonds is 3. The van der Waals surface area contributed by atoms with E-state index in [1.807, 2.05) is 18.2 Å². The Morgan fingerprint density at radius 2 is 1.82 bits per heavy atom. The van der Waals surface area contributed by atoms with Gasteiger partial charge in [0.1, 0.15) is 12.3 Å². The van der Waals surface area contributed by atoms with E-state index in [0.717, 1.165) is 54.7 Å². The van der Waals surface area contributed by atoms with Gasteiger partial charge in [0.25, 0.3) is 5.91 Å². The fraction of sp³-hybridized carbons (Fsp3) is 0.296. The smallest absolute Gasteiger partial charge is 0.252 e. The van der Waals surface area contributed by atoms with Gasteiger partial charge in [-0.2, -0.15) is 0 Å². The lowest BCUT2D eigenvalue weighted by Crippen LogP contribution is -2.41. The van der Waals surface area contributed by atoms with E-state index in [1.165, 1.54) is 0 Å². The summed E-state index contributed by atoms with van der Waals surface area (Å²) in [6, 6.07) is 16.6. The van der Waals surface area contributed by atoms with Crippen molar-refractivity contribution in [1.82, 2.24) is 14.5 Å². The van der Waals surface area contributed by atoms with Gasteiger partial charge in [-0.25, -0.2) is 0 Å². The number of fused-ring (bicyclic) bond motifs is 13. The number of hydrogen-bond donors (Lipinski definition) is 2. The predicted octanol–water partition coefficient (Wildman–Crippen LogP) is 4.13. The van der Waals surface area contributed by atoms with E-state index in [9.17, 15) is 9.90 Å². The summed E-state index contributed by atoms with van der Waals surface area (Å²) in [7, 11) is 0. The summed E-state index contributed by atoms with van der Waals surface area (Å²) in [4.78, 5) is 13.2. The number of amides is 1. The molecule has 5 aromatic rings. The van der Waals surface area contributed by atoms with Crippen molar-refractivity contribution < 1.29 is 19.4 Å². The number of aromatic nitrogens is 2. The molecule has 34 heavy (non-hydrogen) atoms. The Kier molecular flexibility index (Phi) is 3.45. The van der Waals surface area contributed by atoms with Gasteiger partial charge in [0, 0.05) is 34.5 Å². The first-order valence-corrected chi connectivity index (χ1v) is 11.8. The molecule has 1 fully saturated rings. The molecule has 0 aliphatic carbocycles. The second-order valence-corrected chi connectivity index (χ2v) is 9.67. The van der Waals surface area contributed by atoms with Gasteiger partial charge in [-0.15, -0.1) is 0 Å². The highest BCUT2D eigenvalue weighted by Gasteiger charge is 2.52. The van der Waals surface area contributed by atoms with E-state index < -0.39 is 5.72 Å². The van der Waals surface area contributed by atoms with Crippen molar-refractivity contribution in [2.45, 2.75) is 37.9 Å². The van der Waals surface area contributed by atoms with Crippen molar-refractivity contribution in [1.29, 1.82) is 0 Å². The summed E-state index contributed by atoms with van der Waals surface area (Å²) in [5, 5.41) is 16.9. The van der Waals surface area contributed by atoms with Crippen molar-refractivity contribution in [3.63, 3.8) is 0 Å². The van der Waals surface area contributed by atoms with Crippen LogP contribution < -0.4 is 5.32 Å². The molecule has 3 aliphatic heterocycles. The van der Waals surface area contributed by atoms with Gasteiger partial charge in [-0.1, -0.05) is 36.4 Å². The van der Waals surface area contributed by atoms with Crippen LogP contribution in [0.1, 0.15) is 35.5 Å². The second kappa shape index (κ2) is 6.18. The summed E-state index contributed by atoms with van der Waals surface area (Å²) in [5.74, 6) is -0.0117. The Bertz CT molecular complexity index is 1710. The predicted molar refractivity (Wildman–Crippen MR) is 129 cm³/mol. The van der Waals surface area contributed by atoms with Gasteiger partial charge in [0.05, 0.1) is 40.8 Å². The molecule has 5 heterocycles. The third kappa shape index (κ3) is 1.99. The van der Waals surface area contributed by atoms with Gasteiger partial charge in [-0.05, 0) is 24.6 Å². The minimum Gasteiger partial charge on any atom is -0.394 e. The van der Waals surface area contributed by atoms with Crippen LogP contribution >= 0.6 is 0 Å². The molecule has 2 aromatic heterocycles. The lowest BCUT2D eigenvalue weighted by molar-refractivity contribution is -0.151. The monoisotopic (exact) mass is 453 g/mol. The largest absolute Gasteiger partial charge is 0.394 e. The van der Waals surface area contributed by atoms with E-state index in [2.05, 4.69) is 51.7 Å². The molecule has 3 atom stereocenters. The van der Waals surface area contributed by atoms with Crippen LogP contribution in [0.2, 0.25) is 0 Å². The molecule has 0 radical (unpaired) electrons. The van der Waals surface area contributed by atoms with Crippen LogP contribution in [-0.2, 0) is 21.7 Å². The minimum atomic E-state index is -0.765. The third-order valence-corrected chi connectivity index (χ3v) is 8.05. The summed E-state index contributed by atoms with van der Waals surface area (Å²) >= 11 is 0. The molecule has 0 saturated carbocycles. The molecule has 7 nitrogen and oxygen atoms in total. The molecule has 170 valence electrons. The Morgan fingerprint density at radius 3 is 2.62 bits per heavy atom. The maximum Gasteiger partial charge on any atom is 0.252 e. The zero-order valence-corrected chi connectivity index (χ0v) is 18.7. The Labute approximate surface area is 194 Å². The summed E-state index contributed by atoms with van der Waals surface area (Å²) in [5.41, 5.74) is 5.34. The van der Waals surface area contributed by atoms with Crippen LogP contribution in [0.25, 0.3) is 43.6 Å². The first-order chi connectivity index (χ1) is 16.6. The molecule has 1 amide bonds. The molecule has 3 aromatic carbocycles. The van der Waals surface area contributed by atoms with Crippen LogP contribution in [0.4, 0.5) is 0 Å². The quantitative estimate of drug-likeness (QED) is 0.431. The van der Waals surface area contributed by atoms with E-state index in [4.69, 9.17) is 9.47 Å². The first kappa shape index (κ1) is 19.0. The van der Waals surface area contributed by atoms with Gasteiger partial charge in [-0.3, -0.25) is 4.79 Å². The number of benzene rings is 3. The highest BCUT2D eigenvalue weighted by Crippen LogP contribution is 2.54. The zero-order valence-electron chi connectivity index (χ0n) is 18.7. The normalized spacial score (nSPS) is 25.2. The molecule has 8 rings (SSSR count). The maximum absolute atomic E-state index is 13.2. The average molecular weight is 453 g/mol. The summed E-state index contributed by atoms with van der Waals surface area (Å²) < 4.78 is 17.7. The number of nitrogens with one attached hydrogen (secondary N) is 1. The standard InChI is InChI=1S/C27H23N3O4/c1-27-19(33-11-10-31)12-20(34-27)29-17-8-4-2-6-14(17)22-23-16(13-28-26(23)32)21-15-7-3-5-9-18(15)30(27)25(21)24(22)29/h2-9,19-20,31H,10-13H2,1H3,(H,28,32)/t19-,20-,27+/m0/s1. The lowest BCUT2D eigenvalue weighted by Gasteiger charge is -2.33. The number of aliphatic hydroxyl groups excluding tert-OH is 1. The number of ether oxygens (including phenoxy) is 2. The molecule has 2 N–H and O–H groups in total. The van der Waals surface area contributed by atoms with Crippen LogP contribution in [0.5, 0.6) is 0 Å². The fourth-order valence-electron chi connectivity index (χ4n) is 6.81. The molecule has 2 bridgehead atoms. The van der Waals surface area contributed by atoms with E-state index >= 15 is 0 Å². The Balaban J connectivity index is 1.68. The molecule has 3 aliphatic rings. The minimum absolute atomic E-state index is 0.0117. The molecule has 1 saturated heterocycles. The third-order valence-electron chi connectivity index (χ3n) is 8.05. The molecular formula is C27H23N3O4. The average Bonchev–Trinajstić information content (AvgIpc) is 3.55. The second-order valence-electron chi connectivity index (χ2n) is 9.67. The summed E-state index contributed by atoms with van der Waals surface area (Å²) in [6.45, 7) is 2.83. The number of hydrogen-bond acceptors (Lipinski definition) is 4. The van der Waals surface area contributed by atoms with Crippen molar-refractivity contribution >= 4 is 49.5 Å². The van der Waals surface area contributed by atoms with E-state index in [0.29, 0.717) is 13.0 Å². The van der Waals surface area contributed by atoms with Crippen molar-refractivity contribution in [2.24, 2.45) is 0 Å². The number of carbonyl (C=O) groups is 1. The Hall–Kier alpha value is -3.39. The van der Waals surface area contributed by atoms with Gasteiger partial charge >= 0.3 is 0 Å². The molecule has 0 unspecified atom stereocenters. The van der Waals surface area contributed by atoms with Gasteiger partial charge < -0.3 is 29.0 Å². The van der Waals surface area contributed by atoms with Crippen LogP contribution in [0, 0.1) is 0 Å². The van der Waals surface area contributed by atoms with Gasteiger partial charge in [0.2, 0.25) is 0 Å². The fourth-order valence-corrected chi connectivity index (χ4v) is 6.81. The van der Waals surface area contributed by atoms with Crippen molar-refractivity contribution in [2.75, 3.05) is 13.2 Å². The van der Waals surface area contributed by atoms with E-state index in [1.54, 1.807) is 0 Å². The molecule has 0 spiro atoms. The molecular weight excluding hydrogens is 430 g/mol. The zero-order chi connectivity index (χ0) is 22.8. The van der Waals surface area contributed by atoms with Crippen LogP contribution in [0.15, 0.2) is 48.5 Å². The number of para-hydroxylation sites is 2. The maximum atomic E-state index is 13.2. The van der Waals surface area contributed by atoms with Crippen LogP contribution in [0.3, 0.4) is 0 Å². The van der Waals surface area contributed by atoms with Crippen LogP contribution in [-0.4, -0.2) is 39.5 Å². The van der Waals surface area contributed by atoms with Gasteiger partial charge in [0.15, 0.2) is 5.72 Å². The van der Waals surface area contributed by atoms with Crippen molar-refractivity contribution in [3.8, 4) is 0 Å². The SMILES string of the molecule is C[C@@]12O[C@@H](C[C@@H]1OCCO)n1c3ccccc3c3c4c(c5c6ccccc6n2c5c31)CNC4=O. The number of aliphatic hydroxyl groups is 1. The number of carbonyl (C=O) groups excluding carboxylic acids is 1. The van der Waals surface area contributed by atoms with Crippen molar-refractivity contribution in [3.05, 3.63) is 59.7 Å². The summed E-state index contributed by atoms with van der Waals surface area (Å²) in [6.07, 6.45) is 0.169. The topological polar surface area (TPSA) is 77.7 Å².